The molecule has 148 valence electrons. The van der Waals surface area contributed by atoms with Crippen molar-refractivity contribution in [3.63, 3.8) is 0 Å². The van der Waals surface area contributed by atoms with Crippen LogP contribution in [0.1, 0.15) is 36.9 Å². The van der Waals surface area contributed by atoms with Gasteiger partial charge in [0, 0.05) is 24.0 Å². The standard InChI is InChI=1S/C20H23N3O4S/c1-4-20(24)23-18(14-9-5-7-11-16(14)22-28(3,25)26)13-17(21-23)15-10-6-8-12-19(15)27-2/h5-12,18,22H,4,13H2,1-3H3/t18-/m0/s1. The Bertz CT molecular complexity index is 1020. The van der Waals surface area contributed by atoms with Crippen LogP contribution in [0.5, 0.6) is 5.75 Å². The van der Waals surface area contributed by atoms with Crippen LogP contribution in [-0.4, -0.2) is 38.4 Å². The van der Waals surface area contributed by atoms with E-state index in [4.69, 9.17) is 4.74 Å². The molecule has 1 atom stereocenters. The van der Waals surface area contributed by atoms with Crippen LogP contribution in [0, 0.1) is 0 Å². The molecule has 2 aromatic carbocycles. The molecule has 0 saturated heterocycles. The predicted octanol–water partition coefficient (Wildman–Crippen LogP) is 3.15. The first-order valence-corrected chi connectivity index (χ1v) is 10.8. The van der Waals surface area contributed by atoms with E-state index in [-0.39, 0.29) is 5.91 Å². The summed E-state index contributed by atoms with van der Waals surface area (Å²) in [6.07, 6.45) is 1.85. The number of ether oxygens (including phenoxy) is 1. The fraction of sp³-hybridized carbons (Fsp3) is 0.300. The maximum Gasteiger partial charge on any atom is 0.242 e. The van der Waals surface area contributed by atoms with Crippen molar-refractivity contribution >= 4 is 27.3 Å². The van der Waals surface area contributed by atoms with Gasteiger partial charge in [-0.1, -0.05) is 37.3 Å². The molecule has 0 saturated carbocycles. The quantitative estimate of drug-likeness (QED) is 0.805. The molecule has 0 aromatic heterocycles. The number of hydrazone groups is 1. The van der Waals surface area contributed by atoms with E-state index in [9.17, 15) is 13.2 Å². The van der Waals surface area contributed by atoms with Crippen LogP contribution in [0.4, 0.5) is 5.69 Å². The number of amides is 1. The van der Waals surface area contributed by atoms with Crippen molar-refractivity contribution in [1.29, 1.82) is 0 Å². The third-order valence-electron chi connectivity index (χ3n) is 4.50. The molecule has 1 heterocycles. The minimum Gasteiger partial charge on any atom is -0.496 e. The Kier molecular flexibility index (Phi) is 5.69. The summed E-state index contributed by atoms with van der Waals surface area (Å²) in [4.78, 5) is 12.6. The topological polar surface area (TPSA) is 88.1 Å². The maximum absolute atomic E-state index is 12.6. The molecule has 0 radical (unpaired) electrons. The van der Waals surface area contributed by atoms with E-state index in [0.717, 1.165) is 17.5 Å². The highest BCUT2D eigenvalue weighted by Crippen LogP contribution is 2.38. The van der Waals surface area contributed by atoms with Gasteiger partial charge in [0.05, 0.1) is 30.8 Å². The monoisotopic (exact) mass is 401 g/mol. The molecule has 2 aromatic rings. The number of anilines is 1. The summed E-state index contributed by atoms with van der Waals surface area (Å²) in [7, 11) is -1.87. The van der Waals surface area contributed by atoms with Crippen LogP contribution in [0.25, 0.3) is 0 Å². The van der Waals surface area contributed by atoms with Gasteiger partial charge in [-0.05, 0) is 18.2 Å². The first kappa shape index (κ1) is 19.9. The van der Waals surface area contributed by atoms with E-state index >= 15 is 0 Å². The summed E-state index contributed by atoms with van der Waals surface area (Å²) in [5, 5.41) is 6.03. The average Bonchev–Trinajstić information content (AvgIpc) is 3.11. The van der Waals surface area contributed by atoms with E-state index in [1.165, 1.54) is 5.01 Å². The molecule has 28 heavy (non-hydrogen) atoms. The molecule has 1 amide bonds. The molecule has 0 unspecified atom stereocenters. The Morgan fingerprint density at radius 2 is 1.89 bits per heavy atom. The van der Waals surface area contributed by atoms with Crippen LogP contribution in [0.3, 0.4) is 0 Å². The van der Waals surface area contributed by atoms with Crippen molar-refractivity contribution in [3.8, 4) is 5.75 Å². The first-order chi connectivity index (χ1) is 13.3. The Balaban J connectivity index is 2.04. The van der Waals surface area contributed by atoms with Gasteiger partial charge in [0.2, 0.25) is 15.9 Å². The van der Waals surface area contributed by atoms with E-state index in [0.29, 0.717) is 29.8 Å². The highest BCUT2D eigenvalue weighted by atomic mass is 32.2. The minimum absolute atomic E-state index is 0.135. The zero-order valence-corrected chi connectivity index (χ0v) is 16.9. The molecule has 0 fully saturated rings. The molecule has 1 aliphatic rings. The number of hydrogen-bond acceptors (Lipinski definition) is 5. The number of nitrogens with zero attached hydrogens (tertiary/aromatic N) is 2. The zero-order valence-electron chi connectivity index (χ0n) is 16.0. The van der Waals surface area contributed by atoms with Crippen molar-refractivity contribution in [2.45, 2.75) is 25.8 Å². The van der Waals surface area contributed by atoms with Crippen LogP contribution in [-0.2, 0) is 14.8 Å². The summed E-state index contributed by atoms with van der Waals surface area (Å²) in [6.45, 7) is 1.77. The normalized spacial score (nSPS) is 16.6. The first-order valence-electron chi connectivity index (χ1n) is 8.93. The minimum atomic E-state index is -3.46. The van der Waals surface area contributed by atoms with Gasteiger partial charge < -0.3 is 4.74 Å². The van der Waals surface area contributed by atoms with Crippen molar-refractivity contribution in [1.82, 2.24) is 5.01 Å². The smallest absolute Gasteiger partial charge is 0.242 e. The van der Waals surface area contributed by atoms with E-state index in [1.807, 2.05) is 36.4 Å². The van der Waals surface area contributed by atoms with Crippen molar-refractivity contribution in [2.75, 3.05) is 18.1 Å². The highest BCUT2D eigenvalue weighted by Gasteiger charge is 2.34. The fourth-order valence-corrected chi connectivity index (χ4v) is 3.86. The van der Waals surface area contributed by atoms with E-state index < -0.39 is 16.1 Å². The molecule has 1 N–H and O–H groups in total. The summed E-state index contributed by atoms with van der Waals surface area (Å²) in [6, 6.07) is 14.2. The van der Waals surface area contributed by atoms with Crippen LogP contribution >= 0.6 is 0 Å². The van der Waals surface area contributed by atoms with Crippen LogP contribution in [0.2, 0.25) is 0 Å². The van der Waals surface area contributed by atoms with Gasteiger partial charge in [0.15, 0.2) is 0 Å². The number of methoxy groups -OCH3 is 1. The summed E-state index contributed by atoms with van der Waals surface area (Å²) < 4.78 is 31.5. The lowest BCUT2D eigenvalue weighted by Crippen LogP contribution is -2.27. The fourth-order valence-electron chi connectivity index (χ4n) is 3.27. The molecule has 1 aliphatic heterocycles. The Labute approximate surface area is 165 Å². The lowest BCUT2D eigenvalue weighted by Gasteiger charge is -2.24. The van der Waals surface area contributed by atoms with Gasteiger partial charge >= 0.3 is 0 Å². The second kappa shape index (κ2) is 8.02. The molecular weight excluding hydrogens is 378 g/mol. The summed E-state index contributed by atoms with van der Waals surface area (Å²) in [5.74, 6) is 0.539. The van der Waals surface area contributed by atoms with Crippen LogP contribution in [0.15, 0.2) is 53.6 Å². The Morgan fingerprint density at radius 1 is 1.21 bits per heavy atom. The Hall–Kier alpha value is -2.87. The molecule has 3 rings (SSSR count). The lowest BCUT2D eigenvalue weighted by molar-refractivity contribution is -0.132. The number of sulfonamides is 1. The molecule has 8 heteroatoms. The molecule has 0 aliphatic carbocycles. The number of benzene rings is 2. The predicted molar refractivity (Wildman–Crippen MR) is 109 cm³/mol. The number of carbonyl (C=O) groups excluding carboxylic acids is 1. The molecule has 7 nitrogen and oxygen atoms in total. The van der Waals surface area contributed by atoms with Crippen molar-refractivity contribution < 1.29 is 17.9 Å². The van der Waals surface area contributed by atoms with Gasteiger partial charge in [0.25, 0.3) is 0 Å². The number of para-hydroxylation sites is 2. The Morgan fingerprint density at radius 3 is 2.57 bits per heavy atom. The molecular formula is C20H23N3O4S. The highest BCUT2D eigenvalue weighted by molar-refractivity contribution is 7.92. The third kappa shape index (κ3) is 4.17. The maximum atomic E-state index is 12.6. The second-order valence-electron chi connectivity index (χ2n) is 6.52. The van der Waals surface area contributed by atoms with Crippen molar-refractivity contribution in [2.24, 2.45) is 5.10 Å². The average molecular weight is 401 g/mol. The third-order valence-corrected chi connectivity index (χ3v) is 5.09. The number of carbonyl (C=O) groups is 1. The molecule has 0 bridgehead atoms. The molecule has 0 spiro atoms. The van der Waals surface area contributed by atoms with Gasteiger partial charge in [0.1, 0.15) is 5.75 Å². The SMILES string of the molecule is CCC(=O)N1N=C(c2ccccc2OC)C[C@H]1c1ccccc1NS(C)(=O)=O. The van der Waals surface area contributed by atoms with E-state index in [2.05, 4.69) is 9.82 Å². The number of nitrogens with one attached hydrogen (secondary N) is 1. The number of hydrogen-bond donors (Lipinski definition) is 1. The van der Waals surface area contributed by atoms with Gasteiger partial charge in [-0.25, -0.2) is 13.4 Å². The van der Waals surface area contributed by atoms with Gasteiger partial charge in [-0.2, -0.15) is 5.10 Å². The summed E-state index contributed by atoms with van der Waals surface area (Å²) in [5.41, 5.74) is 2.68. The largest absolute Gasteiger partial charge is 0.496 e. The van der Waals surface area contributed by atoms with Gasteiger partial charge in [-0.3, -0.25) is 9.52 Å². The van der Waals surface area contributed by atoms with E-state index in [1.54, 1.807) is 26.2 Å². The summed E-state index contributed by atoms with van der Waals surface area (Å²) >= 11 is 0. The van der Waals surface area contributed by atoms with Crippen molar-refractivity contribution in [3.05, 3.63) is 59.7 Å². The van der Waals surface area contributed by atoms with Crippen LogP contribution < -0.4 is 9.46 Å². The number of rotatable bonds is 6. The zero-order chi connectivity index (χ0) is 20.3. The second-order valence-corrected chi connectivity index (χ2v) is 8.27. The van der Waals surface area contributed by atoms with Gasteiger partial charge in [-0.15, -0.1) is 0 Å². The lowest BCUT2D eigenvalue weighted by atomic mass is 9.96.